The average Bonchev–Trinajstić information content (AvgIpc) is 2.28. The van der Waals surface area contributed by atoms with E-state index in [-0.39, 0.29) is 0 Å². The number of hydrogen-bond donors (Lipinski definition) is 1. The van der Waals surface area contributed by atoms with Crippen LogP contribution in [0.4, 0.5) is 0 Å². The molecule has 0 amide bonds. The van der Waals surface area contributed by atoms with Gasteiger partial charge in [0.15, 0.2) is 0 Å². The standard InChI is InChI=1S/C11H19N3O2/c1-9-10(7-12-2)8-13-11(14-9)16-6-4-5-15-3/h8,12H,4-7H2,1-3H3. The van der Waals surface area contributed by atoms with Crippen LogP contribution in [-0.4, -0.2) is 37.3 Å². The van der Waals surface area contributed by atoms with Crippen LogP contribution in [0.15, 0.2) is 6.20 Å². The van der Waals surface area contributed by atoms with Crippen LogP contribution in [0, 0.1) is 6.92 Å². The number of nitrogens with zero attached hydrogens (tertiary/aromatic N) is 2. The lowest BCUT2D eigenvalue weighted by atomic mass is 10.2. The van der Waals surface area contributed by atoms with Gasteiger partial charge in [-0.2, -0.15) is 0 Å². The highest BCUT2D eigenvalue weighted by molar-refractivity contribution is 5.17. The molecular formula is C11H19N3O2. The second kappa shape index (κ2) is 7.14. The molecule has 0 fully saturated rings. The lowest BCUT2D eigenvalue weighted by Crippen LogP contribution is -2.10. The van der Waals surface area contributed by atoms with Crippen molar-refractivity contribution < 1.29 is 9.47 Å². The Balaban J connectivity index is 2.46. The van der Waals surface area contributed by atoms with Crippen molar-refractivity contribution in [2.75, 3.05) is 27.4 Å². The summed E-state index contributed by atoms with van der Waals surface area (Å²) in [6.07, 6.45) is 2.64. The molecule has 0 saturated heterocycles. The van der Waals surface area contributed by atoms with Crippen LogP contribution in [0.25, 0.3) is 0 Å². The summed E-state index contributed by atoms with van der Waals surface area (Å²) in [5, 5.41) is 3.07. The molecule has 5 nitrogen and oxygen atoms in total. The zero-order valence-electron chi connectivity index (χ0n) is 10.1. The Bertz CT molecular complexity index is 318. The highest BCUT2D eigenvalue weighted by Crippen LogP contribution is 2.08. The second-order valence-electron chi connectivity index (χ2n) is 3.49. The van der Waals surface area contributed by atoms with Crippen molar-refractivity contribution in [2.45, 2.75) is 19.9 Å². The van der Waals surface area contributed by atoms with Crippen LogP contribution in [0.2, 0.25) is 0 Å². The smallest absolute Gasteiger partial charge is 0.316 e. The van der Waals surface area contributed by atoms with Crippen molar-refractivity contribution in [1.29, 1.82) is 0 Å². The van der Waals surface area contributed by atoms with E-state index >= 15 is 0 Å². The summed E-state index contributed by atoms with van der Waals surface area (Å²) in [7, 11) is 3.57. The van der Waals surface area contributed by atoms with Crippen LogP contribution in [0.5, 0.6) is 6.01 Å². The fourth-order valence-corrected chi connectivity index (χ4v) is 1.27. The molecule has 1 aromatic heterocycles. The number of aryl methyl sites for hydroxylation is 1. The van der Waals surface area contributed by atoms with Crippen molar-refractivity contribution in [2.24, 2.45) is 0 Å². The Morgan fingerprint density at radius 2 is 2.19 bits per heavy atom. The number of nitrogens with one attached hydrogen (secondary N) is 1. The van der Waals surface area contributed by atoms with Gasteiger partial charge < -0.3 is 14.8 Å². The third-order valence-electron chi connectivity index (χ3n) is 2.15. The van der Waals surface area contributed by atoms with Gasteiger partial charge in [-0.25, -0.2) is 9.97 Å². The van der Waals surface area contributed by atoms with E-state index < -0.39 is 0 Å². The molecule has 16 heavy (non-hydrogen) atoms. The average molecular weight is 225 g/mol. The first-order valence-corrected chi connectivity index (χ1v) is 5.36. The highest BCUT2D eigenvalue weighted by Gasteiger charge is 2.03. The van der Waals surface area contributed by atoms with Gasteiger partial charge >= 0.3 is 6.01 Å². The largest absolute Gasteiger partial charge is 0.463 e. The molecule has 0 radical (unpaired) electrons. The molecule has 0 bridgehead atoms. The minimum Gasteiger partial charge on any atom is -0.463 e. The summed E-state index contributed by atoms with van der Waals surface area (Å²) >= 11 is 0. The zero-order chi connectivity index (χ0) is 11.8. The molecule has 1 rings (SSSR count). The first-order valence-electron chi connectivity index (χ1n) is 5.36. The van der Waals surface area contributed by atoms with Crippen LogP contribution in [0.3, 0.4) is 0 Å². The van der Waals surface area contributed by atoms with E-state index in [9.17, 15) is 0 Å². The fourth-order valence-electron chi connectivity index (χ4n) is 1.27. The molecule has 0 aliphatic carbocycles. The van der Waals surface area contributed by atoms with Crippen molar-refractivity contribution in [3.63, 3.8) is 0 Å². The van der Waals surface area contributed by atoms with Crippen LogP contribution >= 0.6 is 0 Å². The predicted octanol–water partition coefficient (Wildman–Crippen LogP) is 0.920. The molecule has 0 aromatic carbocycles. The van der Waals surface area contributed by atoms with Crippen molar-refractivity contribution in [3.05, 3.63) is 17.5 Å². The van der Waals surface area contributed by atoms with E-state index in [2.05, 4.69) is 15.3 Å². The minimum absolute atomic E-state index is 0.438. The van der Waals surface area contributed by atoms with Gasteiger partial charge in [0.1, 0.15) is 0 Å². The minimum atomic E-state index is 0.438. The van der Waals surface area contributed by atoms with E-state index in [1.165, 1.54) is 0 Å². The summed E-state index contributed by atoms with van der Waals surface area (Å²) in [6.45, 7) is 4.00. The second-order valence-corrected chi connectivity index (χ2v) is 3.49. The molecule has 0 spiro atoms. The summed E-state index contributed by atoms with van der Waals surface area (Å²) in [6, 6.07) is 0.438. The maximum Gasteiger partial charge on any atom is 0.316 e. The van der Waals surface area contributed by atoms with Crippen molar-refractivity contribution in [1.82, 2.24) is 15.3 Å². The number of ether oxygens (including phenoxy) is 2. The molecule has 0 atom stereocenters. The lowest BCUT2D eigenvalue weighted by Gasteiger charge is -2.07. The Hall–Kier alpha value is -1.20. The van der Waals surface area contributed by atoms with E-state index in [1.54, 1.807) is 13.3 Å². The normalized spacial score (nSPS) is 10.4. The SMILES string of the molecule is CNCc1cnc(OCCCOC)nc1C. The van der Waals surface area contributed by atoms with E-state index in [0.29, 0.717) is 19.2 Å². The fraction of sp³-hybridized carbons (Fsp3) is 0.636. The molecular weight excluding hydrogens is 206 g/mol. The van der Waals surface area contributed by atoms with Gasteiger partial charge in [0, 0.05) is 44.1 Å². The number of methoxy groups -OCH3 is 1. The molecule has 90 valence electrons. The molecule has 0 saturated carbocycles. The molecule has 1 heterocycles. The Labute approximate surface area is 96.2 Å². The van der Waals surface area contributed by atoms with Crippen LogP contribution in [-0.2, 0) is 11.3 Å². The van der Waals surface area contributed by atoms with E-state index in [0.717, 1.165) is 24.2 Å². The third-order valence-corrected chi connectivity index (χ3v) is 2.15. The third kappa shape index (κ3) is 4.12. The summed E-state index contributed by atoms with van der Waals surface area (Å²) in [5.41, 5.74) is 2.04. The summed E-state index contributed by atoms with van der Waals surface area (Å²) in [4.78, 5) is 8.42. The number of rotatable bonds is 7. The number of hydrogen-bond acceptors (Lipinski definition) is 5. The van der Waals surface area contributed by atoms with Gasteiger partial charge in [0.25, 0.3) is 0 Å². The first-order chi connectivity index (χ1) is 7.77. The van der Waals surface area contributed by atoms with Gasteiger partial charge in [-0.05, 0) is 14.0 Å². The lowest BCUT2D eigenvalue weighted by molar-refractivity contribution is 0.168. The quantitative estimate of drug-likeness (QED) is 0.699. The highest BCUT2D eigenvalue weighted by atomic mass is 16.5. The maximum absolute atomic E-state index is 5.40. The van der Waals surface area contributed by atoms with Gasteiger partial charge in [-0.1, -0.05) is 0 Å². The molecule has 5 heteroatoms. The van der Waals surface area contributed by atoms with Crippen molar-refractivity contribution in [3.8, 4) is 6.01 Å². The Morgan fingerprint density at radius 1 is 1.38 bits per heavy atom. The first kappa shape index (κ1) is 12.9. The van der Waals surface area contributed by atoms with Crippen LogP contribution in [0.1, 0.15) is 17.7 Å². The Kier molecular flexibility index (Phi) is 5.74. The van der Waals surface area contributed by atoms with Gasteiger partial charge in [-0.15, -0.1) is 0 Å². The topological polar surface area (TPSA) is 56.3 Å². The summed E-state index contributed by atoms with van der Waals surface area (Å²) < 4.78 is 10.3. The molecule has 0 aliphatic heterocycles. The molecule has 1 N–H and O–H groups in total. The summed E-state index contributed by atoms with van der Waals surface area (Å²) in [5.74, 6) is 0. The molecule has 1 aromatic rings. The Morgan fingerprint density at radius 3 is 2.81 bits per heavy atom. The van der Waals surface area contributed by atoms with Gasteiger partial charge in [0.2, 0.25) is 0 Å². The number of aromatic nitrogens is 2. The molecule has 0 aliphatic rings. The maximum atomic E-state index is 5.40. The van der Waals surface area contributed by atoms with Crippen LogP contribution < -0.4 is 10.1 Å². The zero-order valence-corrected chi connectivity index (χ0v) is 10.1. The van der Waals surface area contributed by atoms with E-state index in [4.69, 9.17) is 9.47 Å². The monoisotopic (exact) mass is 225 g/mol. The van der Waals surface area contributed by atoms with Gasteiger partial charge in [0.05, 0.1) is 6.61 Å². The predicted molar refractivity (Wildman–Crippen MR) is 61.5 cm³/mol. The van der Waals surface area contributed by atoms with E-state index in [1.807, 2.05) is 14.0 Å². The van der Waals surface area contributed by atoms with Gasteiger partial charge in [-0.3, -0.25) is 0 Å². The molecule has 0 unspecified atom stereocenters. The van der Waals surface area contributed by atoms with Crippen molar-refractivity contribution >= 4 is 0 Å².